The van der Waals surface area contributed by atoms with Crippen LogP contribution >= 0.6 is 12.4 Å². The number of pyridine rings is 1. The summed E-state index contributed by atoms with van der Waals surface area (Å²) in [6, 6.07) is 5.72. The lowest BCUT2D eigenvalue weighted by Gasteiger charge is -1.70. The maximum atomic E-state index is 3.78. The van der Waals surface area contributed by atoms with Gasteiger partial charge in [0.05, 0.1) is 0 Å². The van der Waals surface area contributed by atoms with E-state index in [1.807, 2.05) is 18.2 Å². The molecule has 1 nitrogen and oxygen atoms in total. The fraction of sp³-hybridized carbons (Fsp3) is 0. The van der Waals surface area contributed by atoms with Crippen molar-refractivity contribution in [2.24, 2.45) is 0 Å². The molecular formula is C5H8ClMgN. The maximum Gasteiger partial charge on any atom is 0.316 e. The molecule has 0 fully saturated rings. The Balaban J connectivity index is 0. The Morgan fingerprint density at radius 3 is 1.50 bits per heavy atom. The van der Waals surface area contributed by atoms with Crippen LogP contribution in [0.1, 0.15) is 0 Å². The molecule has 0 aliphatic carbocycles. The zero-order valence-corrected chi connectivity index (χ0v) is 4.56. The van der Waals surface area contributed by atoms with Gasteiger partial charge in [0.25, 0.3) is 0 Å². The average molecular weight is 142 g/mol. The summed E-state index contributed by atoms with van der Waals surface area (Å²) < 4.78 is 0. The van der Waals surface area contributed by atoms with Crippen LogP contribution in [0, 0.1) is 0 Å². The summed E-state index contributed by atoms with van der Waals surface area (Å²) in [4.78, 5) is 3.78. The molecule has 0 radical (unpaired) electrons. The second-order valence-corrected chi connectivity index (χ2v) is 1.02. The number of rotatable bonds is 0. The first-order valence-corrected chi connectivity index (χ1v) is 1.85. The summed E-state index contributed by atoms with van der Waals surface area (Å²) in [6.45, 7) is 0. The fourth-order valence-electron chi connectivity index (χ4n) is 0.313. The highest BCUT2D eigenvalue weighted by Gasteiger charge is 1.58. The van der Waals surface area contributed by atoms with Gasteiger partial charge in [-0.15, -0.1) is 12.4 Å². The van der Waals surface area contributed by atoms with E-state index in [0.29, 0.717) is 0 Å². The van der Waals surface area contributed by atoms with Gasteiger partial charge in [0.1, 0.15) is 0 Å². The van der Waals surface area contributed by atoms with Crippen molar-refractivity contribution in [2.45, 2.75) is 0 Å². The van der Waals surface area contributed by atoms with E-state index in [-0.39, 0.29) is 35.5 Å². The van der Waals surface area contributed by atoms with Gasteiger partial charge in [-0.05, 0) is 12.1 Å². The Labute approximate surface area is 71.1 Å². The fourth-order valence-corrected chi connectivity index (χ4v) is 0.313. The lowest BCUT2D eigenvalue weighted by Crippen LogP contribution is -1.58. The largest absolute Gasteiger partial charge is 0.316 e. The highest BCUT2D eigenvalue weighted by atomic mass is 35.5. The summed E-state index contributed by atoms with van der Waals surface area (Å²) >= 11 is 0. The Hall–Kier alpha value is 0.206. The van der Waals surface area contributed by atoms with E-state index in [4.69, 9.17) is 0 Å². The van der Waals surface area contributed by atoms with Crippen LogP contribution in [0.3, 0.4) is 0 Å². The van der Waals surface area contributed by atoms with E-state index in [1.54, 1.807) is 12.4 Å². The third-order valence-electron chi connectivity index (χ3n) is 0.566. The maximum absolute atomic E-state index is 3.78. The molecule has 0 bridgehead atoms. The van der Waals surface area contributed by atoms with Crippen molar-refractivity contribution in [3.63, 3.8) is 0 Å². The zero-order chi connectivity index (χ0) is 4.24. The molecule has 0 aliphatic rings. The number of halogens is 1. The van der Waals surface area contributed by atoms with Crippen molar-refractivity contribution < 1.29 is 0 Å². The summed E-state index contributed by atoms with van der Waals surface area (Å²) in [5, 5.41) is 0. The molecule has 42 valence electrons. The van der Waals surface area contributed by atoms with E-state index in [9.17, 15) is 0 Å². The Morgan fingerprint density at radius 1 is 0.875 bits per heavy atom. The molecule has 0 unspecified atom stereocenters. The van der Waals surface area contributed by atoms with Crippen LogP contribution in [0.25, 0.3) is 0 Å². The van der Waals surface area contributed by atoms with E-state index in [1.165, 1.54) is 0 Å². The van der Waals surface area contributed by atoms with E-state index in [2.05, 4.69) is 4.98 Å². The van der Waals surface area contributed by atoms with Crippen LogP contribution in [-0.2, 0) is 0 Å². The van der Waals surface area contributed by atoms with E-state index in [0.717, 1.165) is 0 Å². The number of aromatic nitrogens is 1. The topological polar surface area (TPSA) is 12.9 Å². The van der Waals surface area contributed by atoms with Crippen LogP contribution in [-0.4, -0.2) is 28.0 Å². The van der Waals surface area contributed by atoms with Crippen LogP contribution in [0.5, 0.6) is 0 Å². The molecule has 0 atom stereocenters. The van der Waals surface area contributed by atoms with Gasteiger partial charge in [0, 0.05) is 12.4 Å². The molecule has 0 N–H and O–H groups in total. The molecule has 0 spiro atoms. The van der Waals surface area contributed by atoms with Crippen molar-refractivity contribution in [1.29, 1.82) is 0 Å². The van der Waals surface area contributed by atoms with Crippen LogP contribution in [0.2, 0.25) is 0 Å². The molecule has 0 saturated heterocycles. The van der Waals surface area contributed by atoms with Gasteiger partial charge < -0.3 is 0 Å². The normalized spacial score (nSPS) is 6.00. The molecule has 1 aromatic heterocycles. The molecule has 1 heterocycles. The predicted octanol–water partition coefficient (Wildman–Crippen LogP) is 0.587. The highest BCUT2D eigenvalue weighted by molar-refractivity contribution is 5.85. The van der Waals surface area contributed by atoms with Gasteiger partial charge in [-0.1, -0.05) is 6.07 Å². The minimum absolute atomic E-state index is 0. The first-order valence-electron chi connectivity index (χ1n) is 1.85. The van der Waals surface area contributed by atoms with Crippen molar-refractivity contribution >= 4 is 35.5 Å². The zero-order valence-electron chi connectivity index (χ0n) is 3.74. The molecule has 8 heavy (non-hydrogen) atoms. The summed E-state index contributed by atoms with van der Waals surface area (Å²) in [5.74, 6) is 0. The molecule has 1 aromatic rings. The molecule has 3 heteroatoms. The minimum atomic E-state index is 0. The molecular weight excluding hydrogens is 134 g/mol. The molecule has 0 amide bonds. The minimum Gasteiger partial charge on any atom is -0.265 e. The Kier molecular flexibility index (Phi) is 9.97. The van der Waals surface area contributed by atoms with E-state index >= 15 is 0 Å². The first-order chi connectivity index (χ1) is 3.00. The van der Waals surface area contributed by atoms with Crippen LogP contribution < -0.4 is 0 Å². The predicted molar refractivity (Wildman–Crippen MR) is 40.0 cm³/mol. The number of nitrogens with zero attached hydrogens (tertiary/aromatic N) is 1. The third kappa shape index (κ3) is 4.37. The highest BCUT2D eigenvalue weighted by Crippen LogP contribution is 1.73. The smallest absolute Gasteiger partial charge is 0.265 e. The second-order valence-electron chi connectivity index (χ2n) is 1.02. The van der Waals surface area contributed by atoms with Gasteiger partial charge in [0.2, 0.25) is 0 Å². The lowest BCUT2D eigenvalue weighted by molar-refractivity contribution is 1.33. The van der Waals surface area contributed by atoms with Gasteiger partial charge in [-0.25, -0.2) is 0 Å². The lowest BCUT2D eigenvalue weighted by atomic mass is 10.5. The summed E-state index contributed by atoms with van der Waals surface area (Å²) in [7, 11) is 0. The standard InChI is InChI=1S/C5H5N.ClH.Mg.2H/c1-2-4-6-5-3-1;;;;/h1-5H;1H;;;. The summed E-state index contributed by atoms with van der Waals surface area (Å²) in [6.07, 6.45) is 3.50. The van der Waals surface area contributed by atoms with Crippen molar-refractivity contribution in [1.82, 2.24) is 4.98 Å². The van der Waals surface area contributed by atoms with Gasteiger partial charge in [-0.2, -0.15) is 0 Å². The van der Waals surface area contributed by atoms with E-state index < -0.39 is 0 Å². The van der Waals surface area contributed by atoms with Crippen molar-refractivity contribution in [2.75, 3.05) is 0 Å². The third-order valence-corrected chi connectivity index (χ3v) is 0.566. The molecule has 1 rings (SSSR count). The summed E-state index contributed by atoms with van der Waals surface area (Å²) in [5.41, 5.74) is 0. The Bertz CT molecular complexity index is 84.4. The van der Waals surface area contributed by atoms with Crippen molar-refractivity contribution in [3.8, 4) is 0 Å². The SMILES string of the molecule is Cl.[MgH2].c1ccncc1. The Morgan fingerprint density at radius 2 is 1.38 bits per heavy atom. The quantitative estimate of drug-likeness (QED) is 0.483. The number of hydrogen-bond acceptors (Lipinski definition) is 1. The van der Waals surface area contributed by atoms with Gasteiger partial charge >= 0.3 is 23.1 Å². The van der Waals surface area contributed by atoms with Crippen molar-refractivity contribution in [3.05, 3.63) is 30.6 Å². The molecule has 0 saturated carbocycles. The van der Waals surface area contributed by atoms with Crippen LogP contribution in [0.4, 0.5) is 0 Å². The first kappa shape index (κ1) is 11.1. The monoisotopic (exact) mass is 141 g/mol. The average Bonchev–Trinajstić information content (AvgIpc) is 1.72. The van der Waals surface area contributed by atoms with Gasteiger partial charge in [0.15, 0.2) is 0 Å². The number of hydrogen-bond donors (Lipinski definition) is 0. The molecule has 0 aliphatic heterocycles. The molecule has 0 aromatic carbocycles. The second kappa shape index (κ2) is 7.21. The van der Waals surface area contributed by atoms with Crippen LogP contribution in [0.15, 0.2) is 30.6 Å². The van der Waals surface area contributed by atoms with Gasteiger partial charge in [-0.3, -0.25) is 4.98 Å².